The topological polar surface area (TPSA) is 46.9 Å². The van der Waals surface area contributed by atoms with E-state index in [9.17, 15) is 4.79 Å². The number of nitrogens with zero attached hydrogens (tertiary/aromatic N) is 2. The van der Waals surface area contributed by atoms with Crippen LogP contribution in [0.25, 0.3) is 5.69 Å². The minimum atomic E-state index is -0.0396. The lowest BCUT2D eigenvalue weighted by Crippen LogP contribution is -2.24. The van der Waals surface area contributed by atoms with E-state index in [1.54, 1.807) is 10.8 Å². The summed E-state index contributed by atoms with van der Waals surface area (Å²) < 4.78 is 3.17. The molecule has 2 rings (SSSR count). The second kappa shape index (κ2) is 7.37. The molecule has 0 saturated heterocycles. The monoisotopic (exact) mass is 323 g/mol. The molecule has 1 N–H and O–H groups in total. The van der Waals surface area contributed by atoms with E-state index in [1.807, 2.05) is 30.3 Å². The van der Waals surface area contributed by atoms with E-state index < -0.39 is 0 Å². The van der Waals surface area contributed by atoms with Gasteiger partial charge in [0.15, 0.2) is 8.29 Å². The third-order valence-electron chi connectivity index (χ3n) is 2.30. The van der Waals surface area contributed by atoms with E-state index in [4.69, 9.17) is 12.2 Å². The van der Waals surface area contributed by atoms with Crippen molar-refractivity contribution in [3.8, 4) is 5.69 Å². The Morgan fingerprint density at radius 1 is 1.50 bits per heavy atom. The minimum absolute atomic E-state index is 0.0396. The average Bonchev–Trinajstić information content (AvgIpc) is 2.85. The first kappa shape index (κ1) is 15.0. The fourth-order valence-corrected chi connectivity index (χ4v) is 3.61. The maximum absolute atomic E-state index is 11.5. The lowest BCUT2D eigenvalue weighted by Gasteiger charge is -2.00. The Hall–Kier alpha value is -1.44. The minimum Gasteiger partial charge on any atom is -0.352 e. The third kappa shape index (κ3) is 4.03. The zero-order valence-corrected chi connectivity index (χ0v) is 13.1. The zero-order valence-electron chi connectivity index (χ0n) is 10.6. The molecule has 1 amide bonds. The summed E-state index contributed by atoms with van der Waals surface area (Å²) in [7, 11) is 0. The number of benzene rings is 1. The molecule has 0 aliphatic carbocycles. The Balaban J connectivity index is 2.03. The first-order chi connectivity index (χ1) is 9.70. The second-order valence-corrected chi connectivity index (χ2v) is 6.61. The van der Waals surface area contributed by atoms with Crippen molar-refractivity contribution in [1.82, 2.24) is 15.1 Å². The van der Waals surface area contributed by atoms with E-state index in [0.717, 1.165) is 10.0 Å². The predicted molar refractivity (Wildman–Crippen MR) is 86.2 cm³/mol. The van der Waals surface area contributed by atoms with Crippen molar-refractivity contribution < 1.29 is 4.79 Å². The maximum Gasteiger partial charge on any atom is 0.230 e. The Bertz CT molecular complexity index is 648. The Labute approximate surface area is 130 Å². The summed E-state index contributed by atoms with van der Waals surface area (Å²) in [5.41, 5.74) is 0.928. The highest BCUT2D eigenvalue weighted by Gasteiger charge is 2.08. The van der Waals surface area contributed by atoms with Crippen molar-refractivity contribution in [3.05, 3.63) is 46.9 Å². The highest BCUT2D eigenvalue weighted by molar-refractivity contribution is 8.01. The van der Waals surface area contributed by atoms with Crippen LogP contribution < -0.4 is 5.32 Å². The lowest BCUT2D eigenvalue weighted by atomic mass is 10.3. The number of para-hydroxylation sites is 1. The summed E-state index contributed by atoms with van der Waals surface area (Å²) in [6.07, 6.45) is 1.65. The first-order valence-corrected chi connectivity index (χ1v) is 8.07. The molecule has 0 spiro atoms. The molecule has 1 aromatic carbocycles. The van der Waals surface area contributed by atoms with Gasteiger partial charge >= 0.3 is 0 Å². The average molecular weight is 323 g/mol. The first-order valence-electron chi connectivity index (χ1n) is 5.86. The van der Waals surface area contributed by atoms with E-state index in [0.29, 0.717) is 16.3 Å². The van der Waals surface area contributed by atoms with Crippen LogP contribution in [0.4, 0.5) is 0 Å². The summed E-state index contributed by atoms with van der Waals surface area (Å²) in [4.78, 5) is 11.5. The van der Waals surface area contributed by atoms with Crippen molar-refractivity contribution in [2.24, 2.45) is 0 Å². The molecule has 20 heavy (non-hydrogen) atoms. The van der Waals surface area contributed by atoms with Crippen LogP contribution >= 0.6 is 35.3 Å². The summed E-state index contributed by atoms with van der Waals surface area (Å²) in [5.74, 6) is 0.285. The third-order valence-corrected chi connectivity index (χ3v) is 4.67. The van der Waals surface area contributed by atoms with Crippen LogP contribution in [-0.4, -0.2) is 28.0 Å². The molecule has 104 valence electrons. The van der Waals surface area contributed by atoms with Crippen LogP contribution in [0.15, 0.2) is 47.3 Å². The summed E-state index contributed by atoms with van der Waals surface area (Å²) in [6.45, 7) is 4.03. The molecule has 1 aromatic heterocycles. The smallest absolute Gasteiger partial charge is 0.230 e. The van der Waals surface area contributed by atoms with E-state index in [1.165, 1.54) is 23.1 Å². The van der Waals surface area contributed by atoms with Gasteiger partial charge in [-0.1, -0.05) is 47.4 Å². The van der Waals surface area contributed by atoms with Gasteiger partial charge in [0, 0.05) is 6.54 Å². The number of carbonyl (C=O) groups is 1. The van der Waals surface area contributed by atoms with Crippen LogP contribution in [0, 0.1) is 3.95 Å². The highest BCUT2D eigenvalue weighted by atomic mass is 32.2. The van der Waals surface area contributed by atoms with Gasteiger partial charge in [0.1, 0.15) is 0 Å². The number of thioether (sulfide) groups is 1. The van der Waals surface area contributed by atoms with Gasteiger partial charge in [0.2, 0.25) is 5.91 Å². The molecule has 0 bridgehead atoms. The van der Waals surface area contributed by atoms with Crippen molar-refractivity contribution in [2.45, 2.75) is 4.34 Å². The standard InChI is InChI=1S/C13H13N3OS3/c1-2-8-14-11(17)9-19-12-15-16(13(18)20-12)10-6-4-3-5-7-10/h2-7H,1,8-9H2,(H,14,17). The Morgan fingerprint density at radius 2 is 2.25 bits per heavy atom. The Morgan fingerprint density at radius 3 is 2.95 bits per heavy atom. The molecule has 0 aliphatic heterocycles. The maximum atomic E-state index is 11.5. The number of nitrogens with one attached hydrogen (secondary N) is 1. The number of aromatic nitrogens is 2. The van der Waals surface area contributed by atoms with Gasteiger partial charge in [-0.05, 0) is 24.4 Å². The Kier molecular flexibility index (Phi) is 5.51. The number of hydrogen-bond acceptors (Lipinski definition) is 5. The van der Waals surface area contributed by atoms with E-state index >= 15 is 0 Å². The quantitative estimate of drug-likeness (QED) is 0.504. The molecule has 7 heteroatoms. The van der Waals surface area contributed by atoms with Crippen LogP contribution in [-0.2, 0) is 4.79 Å². The SMILES string of the molecule is C=CCNC(=O)CSc1nn(-c2ccccc2)c(=S)s1. The summed E-state index contributed by atoms with van der Waals surface area (Å²) >= 11 is 8.08. The lowest BCUT2D eigenvalue weighted by molar-refractivity contribution is -0.118. The van der Waals surface area contributed by atoms with Crippen LogP contribution in [0.5, 0.6) is 0 Å². The number of rotatable bonds is 6. The van der Waals surface area contributed by atoms with Gasteiger partial charge in [-0.25, -0.2) is 4.68 Å². The van der Waals surface area contributed by atoms with Crippen molar-refractivity contribution in [3.63, 3.8) is 0 Å². The van der Waals surface area contributed by atoms with Crippen molar-refractivity contribution in [2.75, 3.05) is 12.3 Å². The molecule has 0 saturated carbocycles. The van der Waals surface area contributed by atoms with Gasteiger partial charge < -0.3 is 5.32 Å². The zero-order chi connectivity index (χ0) is 14.4. The van der Waals surface area contributed by atoms with E-state index in [-0.39, 0.29) is 5.91 Å². The van der Waals surface area contributed by atoms with Gasteiger partial charge in [-0.2, -0.15) is 0 Å². The largest absolute Gasteiger partial charge is 0.352 e. The fourth-order valence-electron chi connectivity index (χ4n) is 1.42. The predicted octanol–water partition coefficient (Wildman–Crippen LogP) is 3.06. The second-order valence-electron chi connectivity index (χ2n) is 3.76. The summed E-state index contributed by atoms with van der Waals surface area (Å²) in [5, 5.41) is 7.15. The molecule has 0 fully saturated rings. The molecule has 4 nitrogen and oxygen atoms in total. The molecule has 0 radical (unpaired) electrons. The summed E-state index contributed by atoms with van der Waals surface area (Å²) in [6, 6.07) is 9.71. The molecule has 2 aromatic rings. The molecule has 0 atom stereocenters. The molecular formula is C13H13N3OS3. The van der Waals surface area contributed by atoms with Gasteiger partial charge in [0.05, 0.1) is 11.4 Å². The number of carbonyl (C=O) groups excluding carboxylic acids is 1. The number of hydrogen-bond donors (Lipinski definition) is 1. The van der Waals surface area contributed by atoms with Crippen molar-refractivity contribution in [1.29, 1.82) is 0 Å². The van der Waals surface area contributed by atoms with Crippen LogP contribution in [0.3, 0.4) is 0 Å². The molecular weight excluding hydrogens is 310 g/mol. The molecule has 0 aliphatic rings. The van der Waals surface area contributed by atoms with Crippen LogP contribution in [0.1, 0.15) is 0 Å². The van der Waals surface area contributed by atoms with Crippen molar-refractivity contribution >= 4 is 41.2 Å². The van der Waals surface area contributed by atoms with Crippen LogP contribution in [0.2, 0.25) is 0 Å². The van der Waals surface area contributed by atoms with Gasteiger partial charge in [-0.3, -0.25) is 4.79 Å². The number of amides is 1. The highest BCUT2D eigenvalue weighted by Crippen LogP contribution is 2.23. The molecule has 1 heterocycles. The van der Waals surface area contributed by atoms with Gasteiger partial charge in [0.25, 0.3) is 0 Å². The van der Waals surface area contributed by atoms with E-state index in [2.05, 4.69) is 17.0 Å². The molecule has 0 unspecified atom stereocenters. The van der Waals surface area contributed by atoms with Gasteiger partial charge in [-0.15, -0.1) is 11.7 Å². The normalized spacial score (nSPS) is 10.2. The fraction of sp³-hybridized carbons (Fsp3) is 0.154.